The summed E-state index contributed by atoms with van der Waals surface area (Å²) in [4.78, 5) is 22.4. The van der Waals surface area contributed by atoms with Crippen molar-refractivity contribution in [3.05, 3.63) is 35.4 Å². The highest BCUT2D eigenvalue weighted by molar-refractivity contribution is 5.89. The Morgan fingerprint density at radius 2 is 1.90 bits per heavy atom. The molecular weight excluding hydrogens is 266 g/mol. The number of aldehydes is 1. The van der Waals surface area contributed by atoms with Gasteiger partial charge < -0.3 is 9.53 Å². The van der Waals surface area contributed by atoms with Crippen LogP contribution in [0, 0.1) is 17.2 Å². The first-order valence-electron chi connectivity index (χ1n) is 7.37. The Morgan fingerprint density at radius 3 is 2.48 bits per heavy atom. The maximum atomic E-state index is 12.0. The van der Waals surface area contributed by atoms with Gasteiger partial charge in [-0.25, -0.2) is 4.79 Å². The maximum Gasteiger partial charge on any atom is 0.338 e. The number of ether oxygens (including phenoxy) is 1. The van der Waals surface area contributed by atoms with Crippen molar-refractivity contribution < 1.29 is 14.3 Å². The standard InChI is InChI=1S/C17H19NO3/c18-12-14-3-7-15(8-4-14)17(20)21-16-9-5-13(6-10-16)2-1-11-19/h3-4,7-8,11,13,16H,1-2,5-6,9-10H2/t13-,16-. The Kier molecular flexibility index (Phi) is 5.51. The van der Waals surface area contributed by atoms with Crippen molar-refractivity contribution in [2.24, 2.45) is 5.92 Å². The van der Waals surface area contributed by atoms with E-state index in [0.717, 1.165) is 38.4 Å². The van der Waals surface area contributed by atoms with E-state index in [1.807, 2.05) is 6.07 Å². The number of hydrogen-bond donors (Lipinski definition) is 0. The Hall–Kier alpha value is -2.15. The van der Waals surface area contributed by atoms with E-state index in [2.05, 4.69) is 0 Å². The normalized spacial score (nSPS) is 21.3. The van der Waals surface area contributed by atoms with Crippen LogP contribution in [0.5, 0.6) is 0 Å². The molecule has 0 heterocycles. The van der Waals surface area contributed by atoms with Crippen LogP contribution in [0.3, 0.4) is 0 Å². The summed E-state index contributed by atoms with van der Waals surface area (Å²) >= 11 is 0. The highest BCUT2D eigenvalue weighted by Crippen LogP contribution is 2.29. The van der Waals surface area contributed by atoms with Crippen molar-refractivity contribution in [3.8, 4) is 6.07 Å². The predicted molar refractivity (Wildman–Crippen MR) is 77.6 cm³/mol. The number of carbonyl (C=O) groups is 2. The molecule has 0 amide bonds. The van der Waals surface area contributed by atoms with Crippen LogP contribution in [-0.2, 0) is 9.53 Å². The molecule has 1 aromatic rings. The third-order valence-corrected chi connectivity index (χ3v) is 4.01. The van der Waals surface area contributed by atoms with E-state index in [9.17, 15) is 9.59 Å². The van der Waals surface area contributed by atoms with Crippen molar-refractivity contribution in [3.63, 3.8) is 0 Å². The molecule has 4 nitrogen and oxygen atoms in total. The van der Waals surface area contributed by atoms with Gasteiger partial charge in [0.2, 0.25) is 0 Å². The van der Waals surface area contributed by atoms with Crippen molar-refractivity contribution in [1.82, 2.24) is 0 Å². The van der Waals surface area contributed by atoms with Gasteiger partial charge in [-0.3, -0.25) is 0 Å². The summed E-state index contributed by atoms with van der Waals surface area (Å²) in [5.74, 6) is 0.260. The average molecular weight is 285 g/mol. The average Bonchev–Trinajstić information content (AvgIpc) is 2.54. The number of hydrogen-bond acceptors (Lipinski definition) is 4. The van der Waals surface area contributed by atoms with Gasteiger partial charge in [0.15, 0.2) is 0 Å². The fraction of sp³-hybridized carbons (Fsp3) is 0.471. The highest BCUT2D eigenvalue weighted by Gasteiger charge is 2.24. The van der Waals surface area contributed by atoms with Gasteiger partial charge in [0.05, 0.1) is 17.2 Å². The molecule has 1 saturated carbocycles. The largest absolute Gasteiger partial charge is 0.459 e. The third kappa shape index (κ3) is 4.42. The van der Waals surface area contributed by atoms with Crippen molar-refractivity contribution in [2.45, 2.75) is 44.6 Å². The zero-order chi connectivity index (χ0) is 15.1. The second-order valence-corrected chi connectivity index (χ2v) is 5.48. The van der Waals surface area contributed by atoms with Gasteiger partial charge in [-0.15, -0.1) is 0 Å². The Balaban J connectivity index is 1.81. The van der Waals surface area contributed by atoms with Crippen LogP contribution in [0.1, 0.15) is 54.4 Å². The molecule has 0 saturated heterocycles. The first-order valence-corrected chi connectivity index (χ1v) is 7.37. The molecule has 0 aromatic heterocycles. The number of nitriles is 1. The van der Waals surface area contributed by atoms with Crippen LogP contribution in [0.2, 0.25) is 0 Å². The number of esters is 1. The van der Waals surface area contributed by atoms with Crippen molar-refractivity contribution in [2.75, 3.05) is 0 Å². The van der Waals surface area contributed by atoms with Crippen molar-refractivity contribution >= 4 is 12.3 Å². The predicted octanol–water partition coefficient (Wildman–Crippen LogP) is 3.25. The first-order chi connectivity index (χ1) is 10.2. The summed E-state index contributed by atoms with van der Waals surface area (Å²) in [6, 6.07) is 8.50. The van der Waals surface area contributed by atoms with Gasteiger partial charge in [0.1, 0.15) is 12.4 Å². The molecular formula is C17H19NO3. The summed E-state index contributed by atoms with van der Waals surface area (Å²) < 4.78 is 5.51. The second-order valence-electron chi connectivity index (χ2n) is 5.48. The quantitative estimate of drug-likeness (QED) is 0.615. The zero-order valence-electron chi connectivity index (χ0n) is 12.0. The molecule has 2 rings (SSSR count). The smallest absolute Gasteiger partial charge is 0.338 e. The molecule has 0 radical (unpaired) electrons. The monoisotopic (exact) mass is 285 g/mol. The van der Waals surface area contributed by atoms with Crippen LogP contribution < -0.4 is 0 Å². The fourth-order valence-electron chi connectivity index (χ4n) is 2.74. The molecule has 0 atom stereocenters. The topological polar surface area (TPSA) is 67.2 Å². The Morgan fingerprint density at radius 1 is 1.24 bits per heavy atom. The van der Waals surface area contributed by atoms with E-state index in [1.54, 1.807) is 24.3 Å². The van der Waals surface area contributed by atoms with Crippen LogP contribution in [0.4, 0.5) is 0 Å². The lowest BCUT2D eigenvalue weighted by atomic mass is 9.84. The van der Waals surface area contributed by atoms with E-state index < -0.39 is 0 Å². The molecule has 110 valence electrons. The van der Waals surface area contributed by atoms with Gasteiger partial charge >= 0.3 is 5.97 Å². The molecule has 1 aliphatic rings. The molecule has 0 spiro atoms. The molecule has 0 N–H and O–H groups in total. The van der Waals surface area contributed by atoms with Gasteiger partial charge in [-0.05, 0) is 62.3 Å². The fourth-order valence-corrected chi connectivity index (χ4v) is 2.74. The number of rotatable bonds is 5. The van der Waals surface area contributed by atoms with E-state index in [1.165, 1.54) is 0 Å². The third-order valence-electron chi connectivity index (χ3n) is 4.01. The van der Waals surface area contributed by atoms with Crippen LogP contribution in [0.15, 0.2) is 24.3 Å². The maximum absolute atomic E-state index is 12.0. The number of nitrogens with zero attached hydrogens (tertiary/aromatic N) is 1. The SMILES string of the molecule is N#Cc1ccc(C(=O)O[C@H]2CC[C@H](CCC=O)CC2)cc1. The van der Waals surface area contributed by atoms with Crippen LogP contribution in [-0.4, -0.2) is 18.4 Å². The minimum Gasteiger partial charge on any atom is -0.459 e. The lowest BCUT2D eigenvalue weighted by Crippen LogP contribution is -2.24. The van der Waals surface area contributed by atoms with Gasteiger partial charge in [-0.2, -0.15) is 5.26 Å². The van der Waals surface area contributed by atoms with Gasteiger partial charge in [0.25, 0.3) is 0 Å². The van der Waals surface area contributed by atoms with Crippen LogP contribution >= 0.6 is 0 Å². The molecule has 0 aliphatic heterocycles. The molecule has 1 aromatic carbocycles. The summed E-state index contributed by atoms with van der Waals surface area (Å²) in [7, 11) is 0. The number of carbonyl (C=O) groups excluding carboxylic acids is 2. The van der Waals surface area contributed by atoms with E-state index in [-0.39, 0.29) is 12.1 Å². The zero-order valence-corrected chi connectivity index (χ0v) is 12.0. The molecule has 1 aliphatic carbocycles. The summed E-state index contributed by atoms with van der Waals surface area (Å²) in [6.45, 7) is 0. The molecule has 1 fully saturated rings. The molecule has 0 unspecified atom stereocenters. The number of benzene rings is 1. The summed E-state index contributed by atoms with van der Waals surface area (Å²) in [5, 5.41) is 8.73. The lowest BCUT2D eigenvalue weighted by Gasteiger charge is -2.27. The molecule has 21 heavy (non-hydrogen) atoms. The summed E-state index contributed by atoms with van der Waals surface area (Å²) in [6.07, 6.45) is 6.27. The van der Waals surface area contributed by atoms with Gasteiger partial charge in [-0.1, -0.05) is 0 Å². The van der Waals surface area contributed by atoms with Gasteiger partial charge in [0, 0.05) is 6.42 Å². The summed E-state index contributed by atoms with van der Waals surface area (Å²) in [5.41, 5.74) is 1.01. The Labute approximate surface area is 124 Å². The lowest BCUT2D eigenvalue weighted by molar-refractivity contribution is -0.108. The second kappa shape index (κ2) is 7.58. The molecule has 4 heteroatoms. The minimum atomic E-state index is -0.323. The van der Waals surface area contributed by atoms with E-state index in [4.69, 9.17) is 10.00 Å². The van der Waals surface area contributed by atoms with E-state index in [0.29, 0.717) is 23.5 Å². The first kappa shape index (κ1) is 15.2. The Bertz CT molecular complexity index is 522. The highest BCUT2D eigenvalue weighted by atomic mass is 16.5. The van der Waals surface area contributed by atoms with E-state index >= 15 is 0 Å². The molecule has 0 bridgehead atoms. The minimum absolute atomic E-state index is 0.0272. The van der Waals surface area contributed by atoms with Crippen molar-refractivity contribution in [1.29, 1.82) is 5.26 Å². The van der Waals surface area contributed by atoms with Crippen LogP contribution in [0.25, 0.3) is 0 Å².